The van der Waals surface area contributed by atoms with E-state index in [1.807, 2.05) is 0 Å². The van der Waals surface area contributed by atoms with Gasteiger partial charge in [0.1, 0.15) is 0 Å². The van der Waals surface area contributed by atoms with Gasteiger partial charge in [-0.2, -0.15) is 0 Å². The first-order valence-electron chi connectivity index (χ1n) is 5.57. The molecule has 0 heterocycles. The van der Waals surface area contributed by atoms with Gasteiger partial charge in [0.15, 0.2) is 0 Å². The lowest BCUT2D eigenvalue weighted by Crippen LogP contribution is -2.26. The Kier molecular flexibility index (Phi) is 1.87. The maximum atomic E-state index is 2.47. The molecule has 0 heteroatoms. The minimum Gasteiger partial charge on any atom is -0.0851 e. The number of rotatable bonds is 0. The van der Waals surface area contributed by atoms with E-state index in [-0.39, 0.29) is 0 Å². The summed E-state index contributed by atoms with van der Waals surface area (Å²) in [5.74, 6) is 1.72. The molecule has 2 unspecified atom stereocenters. The molecule has 2 rings (SSSR count). The van der Waals surface area contributed by atoms with Gasteiger partial charge in [0.2, 0.25) is 0 Å². The van der Waals surface area contributed by atoms with Gasteiger partial charge >= 0.3 is 0 Å². The second-order valence-corrected chi connectivity index (χ2v) is 6.52. The summed E-state index contributed by atoms with van der Waals surface area (Å²) in [4.78, 5) is 0. The molecule has 2 aliphatic rings. The molecule has 1 fully saturated rings. The topological polar surface area (TPSA) is 0 Å². The Morgan fingerprint density at radius 1 is 1.08 bits per heavy atom. The zero-order valence-electron chi connectivity index (χ0n) is 9.43. The van der Waals surface area contributed by atoms with E-state index in [1.54, 1.807) is 0 Å². The summed E-state index contributed by atoms with van der Waals surface area (Å²) in [6.07, 6.45) is 9.12. The molecule has 13 heavy (non-hydrogen) atoms. The molecule has 2 bridgehead atoms. The van der Waals surface area contributed by atoms with E-state index < -0.39 is 0 Å². The van der Waals surface area contributed by atoms with E-state index in [0.29, 0.717) is 10.8 Å². The third kappa shape index (κ3) is 1.68. The van der Waals surface area contributed by atoms with Gasteiger partial charge in [0.25, 0.3) is 0 Å². The predicted molar refractivity (Wildman–Crippen MR) is 57.5 cm³/mol. The average molecular weight is 178 g/mol. The van der Waals surface area contributed by atoms with E-state index in [2.05, 4.69) is 39.8 Å². The lowest BCUT2D eigenvalue weighted by Gasteiger charge is -2.36. The molecule has 0 spiro atoms. The summed E-state index contributed by atoms with van der Waals surface area (Å²) in [5, 5.41) is 0. The number of fused-ring (bicyclic) bond motifs is 2. The quantitative estimate of drug-likeness (QED) is 0.491. The highest BCUT2D eigenvalue weighted by Crippen LogP contribution is 2.52. The van der Waals surface area contributed by atoms with Crippen LogP contribution in [0.25, 0.3) is 0 Å². The molecule has 0 N–H and O–H groups in total. The third-order valence-corrected chi connectivity index (χ3v) is 3.92. The molecule has 0 aromatic heterocycles. The SMILES string of the molecule is CC1(C)CC2C=CC(C2)C(C)(C)C1. The van der Waals surface area contributed by atoms with Crippen molar-refractivity contribution in [3.63, 3.8) is 0 Å². The average Bonchev–Trinajstić information content (AvgIpc) is 2.28. The summed E-state index contributed by atoms with van der Waals surface area (Å²) < 4.78 is 0. The monoisotopic (exact) mass is 178 g/mol. The van der Waals surface area contributed by atoms with Gasteiger partial charge in [-0.25, -0.2) is 0 Å². The normalized spacial score (nSPS) is 40.3. The van der Waals surface area contributed by atoms with Crippen LogP contribution in [-0.4, -0.2) is 0 Å². The van der Waals surface area contributed by atoms with Crippen LogP contribution in [0.2, 0.25) is 0 Å². The second-order valence-electron chi connectivity index (χ2n) is 6.52. The fourth-order valence-corrected chi connectivity index (χ4v) is 3.65. The van der Waals surface area contributed by atoms with Gasteiger partial charge in [-0.1, -0.05) is 39.8 Å². The van der Waals surface area contributed by atoms with Crippen molar-refractivity contribution in [1.29, 1.82) is 0 Å². The molecule has 0 aromatic rings. The van der Waals surface area contributed by atoms with Crippen LogP contribution in [-0.2, 0) is 0 Å². The zero-order valence-corrected chi connectivity index (χ0v) is 9.43. The van der Waals surface area contributed by atoms with Crippen molar-refractivity contribution in [3.05, 3.63) is 12.2 Å². The fourth-order valence-electron chi connectivity index (χ4n) is 3.65. The van der Waals surface area contributed by atoms with E-state index in [1.165, 1.54) is 19.3 Å². The van der Waals surface area contributed by atoms with Crippen molar-refractivity contribution < 1.29 is 0 Å². The van der Waals surface area contributed by atoms with Crippen molar-refractivity contribution in [1.82, 2.24) is 0 Å². The molecule has 0 radical (unpaired) electrons. The Morgan fingerprint density at radius 3 is 2.46 bits per heavy atom. The van der Waals surface area contributed by atoms with Gasteiger partial charge in [-0.15, -0.1) is 0 Å². The van der Waals surface area contributed by atoms with Crippen LogP contribution < -0.4 is 0 Å². The Labute approximate surface area is 82.4 Å². The van der Waals surface area contributed by atoms with Gasteiger partial charge < -0.3 is 0 Å². The van der Waals surface area contributed by atoms with Crippen molar-refractivity contribution in [2.24, 2.45) is 22.7 Å². The summed E-state index contributed by atoms with van der Waals surface area (Å²) in [6, 6.07) is 0. The van der Waals surface area contributed by atoms with Crippen LogP contribution in [0.3, 0.4) is 0 Å². The molecule has 74 valence electrons. The highest BCUT2D eigenvalue weighted by atomic mass is 14.5. The number of hydrogen-bond acceptors (Lipinski definition) is 0. The maximum Gasteiger partial charge on any atom is -0.0176 e. The minimum absolute atomic E-state index is 0.519. The first-order valence-corrected chi connectivity index (χ1v) is 5.57. The fraction of sp³-hybridized carbons (Fsp3) is 0.846. The number of hydrogen-bond donors (Lipinski definition) is 0. The Bertz CT molecular complexity index is 232. The van der Waals surface area contributed by atoms with Gasteiger partial charge in [-0.05, 0) is 41.9 Å². The van der Waals surface area contributed by atoms with Gasteiger partial charge in [-0.3, -0.25) is 0 Å². The summed E-state index contributed by atoms with van der Waals surface area (Å²) in [5.41, 5.74) is 1.07. The number of allylic oxidation sites excluding steroid dienone is 2. The van der Waals surface area contributed by atoms with Gasteiger partial charge in [0.05, 0.1) is 0 Å². The van der Waals surface area contributed by atoms with E-state index in [4.69, 9.17) is 0 Å². The third-order valence-electron chi connectivity index (χ3n) is 3.92. The van der Waals surface area contributed by atoms with Crippen molar-refractivity contribution in [3.8, 4) is 0 Å². The predicted octanol–water partition coefficient (Wildman–Crippen LogP) is 4.02. The highest BCUT2D eigenvalue weighted by Gasteiger charge is 2.41. The first-order chi connectivity index (χ1) is 5.89. The van der Waals surface area contributed by atoms with Crippen molar-refractivity contribution in [2.45, 2.75) is 47.0 Å². The van der Waals surface area contributed by atoms with Crippen LogP contribution in [0.15, 0.2) is 12.2 Å². The zero-order chi connectivity index (χ0) is 9.69. The van der Waals surface area contributed by atoms with Crippen LogP contribution in [0.1, 0.15) is 47.0 Å². The molecule has 2 atom stereocenters. The van der Waals surface area contributed by atoms with E-state index in [0.717, 1.165) is 11.8 Å². The minimum atomic E-state index is 0.519. The Morgan fingerprint density at radius 2 is 1.77 bits per heavy atom. The standard InChI is InChI=1S/C13H22/c1-12(2)8-10-5-6-11(7-10)13(3,4)9-12/h5-6,10-11H,7-9H2,1-4H3. The highest BCUT2D eigenvalue weighted by molar-refractivity contribution is 5.10. The Balaban J connectivity index is 2.28. The van der Waals surface area contributed by atoms with Crippen molar-refractivity contribution in [2.75, 3.05) is 0 Å². The molecular formula is C13H22. The van der Waals surface area contributed by atoms with E-state index in [9.17, 15) is 0 Å². The molecular weight excluding hydrogens is 156 g/mol. The molecule has 0 saturated heterocycles. The second kappa shape index (κ2) is 2.62. The largest absolute Gasteiger partial charge is 0.0851 e. The van der Waals surface area contributed by atoms with E-state index >= 15 is 0 Å². The lowest BCUT2D eigenvalue weighted by molar-refractivity contribution is 0.164. The lowest BCUT2D eigenvalue weighted by atomic mass is 9.69. The molecule has 0 aliphatic heterocycles. The maximum absolute atomic E-state index is 2.47. The molecule has 0 nitrogen and oxygen atoms in total. The molecule has 0 aromatic carbocycles. The van der Waals surface area contributed by atoms with Crippen LogP contribution >= 0.6 is 0 Å². The molecule has 1 saturated carbocycles. The molecule has 2 aliphatic carbocycles. The van der Waals surface area contributed by atoms with Crippen LogP contribution in [0.4, 0.5) is 0 Å². The van der Waals surface area contributed by atoms with Crippen molar-refractivity contribution >= 4 is 0 Å². The van der Waals surface area contributed by atoms with Crippen LogP contribution in [0.5, 0.6) is 0 Å². The van der Waals surface area contributed by atoms with Gasteiger partial charge in [0, 0.05) is 0 Å². The Hall–Kier alpha value is -0.260. The molecule has 0 amide bonds. The summed E-state index contributed by atoms with van der Waals surface area (Å²) in [6.45, 7) is 9.75. The first kappa shape index (κ1) is 9.30. The smallest absolute Gasteiger partial charge is 0.0176 e. The summed E-state index contributed by atoms with van der Waals surface area (Å²) >= 11 is 0. The summed E-state index contributed by atoms with van der Waals surface area (Å²) in [7, 11) is 0. The van der Waals surface area contributed by atoms with Crippen LogP contribution in [0, 0.1) is 22.7 Å².